The highest BCUT2D eigenvalue weighted by Gasteiger charge is 2.39. The van der Waals surface area contributed by atoms with E-state index >= 15 is 0 Å². The zero-order valence-corrected chi connectivity index (χ0v) is 11.1. The summed E-state index contributed by atoms with van der Waals surface area (Å²) in [6.07, 6.45) is -0.373. The second kappa shape index (κ2) is 4.27. The average Bonchev–Trinajstić information content (AvgIpc) is 2.93. The normalized spacial score (nSPS) is 22.1. The van der Waals surface area contributed by atoms with Gasteiger partial charge >= 0.3 is 10.2 Å². The van der Waals surface area contributed by atoms with Gasteiger partial charge in [-0.2, -0.15) is 8.42 Å². The first-order valence-electron chi connectivity index (χ1n) is 6.01. The lowest BCUT2D eigenvalue weighted by atomic mass is 10.1. The zero-order chi connectivity index (χ0) is 14.5. The first-order valence-corrected chi connectivity index (χ1v) is 7.46. The van der Waals surface area contributed by atoms with Crippen LogP contribution in [0.15, 0.2) is 18.2 Å². The number of amides is 2. The summed E-state index contributed by atoms with van der Waals surface area (Å²) in [7, 11) is -4.74. The maximum atomic E-state index is 13.0. The van der Waals surface area contributed by atoms with Crippen LogP contribution < -0.4 is 10.2 Å². The van der Waals surface area contributed by atoms with E-state index < -0.39 is 21.4 Å². The van der Waals surface area contributed by atoms with Crippen molar-refractivity contribution in [2.24, 2.45) is 0 Å². The molecule has 1 aromatic carbocycles. The minimum Gasteiger partial charge on any atom is -0.348 e. The van der Waals surface area contributed by atoms with Crippen molar-refractivity contribution in [2.75, 3.05) is 11.4 Å². The van der Waals surface area contributed by atoms with E-state index in [1.165, 1.54) is 11.0 Å². The monoisotopic (exact) mass is 298 g/mol. The highest BCUT2D eigenvalue weighted by Crippen LogP contribution is 2.28. The van der Waals surface area contributed by atoms with E-state index in [2.05, 4.69) is 5.32 Å². The van der Waals surface area contributed by atoms with Crippen molar-refractivity contribution in [3.05, 3.63) is 29.3 Å². The molecule has 2 aliphatic rings. The van der Waals surface area contributed by atoms with Crippen LogP contribution in [0.2, 0.25) is 0 Å². The Morgan fingerprint density at radius 2 is 2.05 bits per heavy atom. The summed E-state index contributed by atoms with van der Waals surface area (Å²) in [4.78, 5) is 24.6. The van der Waals surface area contributed by atoms with Crippen LogP contribution in [0.1, 0.15) is 22.3 Å². The molecule has 1 saturated heterocycles. The van der Waals surface area contributed by atoms with Crippen molar-refractivity contribution in [1.29, 1.82) is 0 Å². The Labute approximate surface area is 114 Å². The maximum Gasteiger partial charge on any atom is 0.307 e. The number of nitrogens with zero attached hydrogens (tertiary/aromatic N) is 1. The van der Waals surface area contributed by atoms with Gasteiger partial charge in [0, 0.05) is 30.8 Å². The second-order valence-electron chi connectivity index (χ2n) is 4.83. The van der Waals surface area contributed by atoms with Crippen LogP contribution in [0, 0.1) is 0 Å². The van der Waals surface area contributed by atoms with Gasteiger partial charge in [0.2, 0.25) is 5.91 Å². The maximum absolute atomic E-state index is 13.0. The van der Waals surface area contributed by atoms with Gasteiger partial charge in [-0.05, 0) is 17.7 Å². The van der Waals surface area contributed by atoms with Gasteiger partial charge in [0.15, 0.2) is 0 Å². The molecule has 1 aromatic rings. The molecule has 106 valence electrons. The fourth-order valence-electron chi connectivity index (χ4n) is 2.48. The van der Waals surface area contributed by atoms with Crippen LogP contribution in [-0.2, 0) is 21.6 Å². The lowest BCUT2D eigenvalue weighted by Crippen LogP contribution is -2.27. The third-order valence-corrected chi connectivity index (χ3v) is 4.69. The lowest BCUT2D eigenvalue weighted by Gasteiger charge is -2.16. The van der Waals surface area contributed by atoms with Gasteiger partial charge in [-0.3, -0.25) is 9.59 Å². The van der Waals surface area contributed by atoms with E-state index in [0.717, 1.165) is 5.56 Å². The minimum atomic E-state index is -4.74. The number of halogens is 1. The van der Waals surface area contributed by atoms with Gasteiger partial charge in [0.05, 0.1) is 0 Å². The molecular formula is C12H11FN2O4S. The molecule has 0 saturated carbocycles. The molecule has 0 bridgehead atoms. The van der Waals surface area contributed by atoms with Crippen molar-refractivity contribution >= 4 is 27.7 Å². The van der Waals surface area contributed by atoms with E-state index in [1.807, 2.05) is 0 Å². The number of anilines is 1. The Morgan fingerprint density at radius 3 is 2.70 bits per heavy atom. The third kappa shape index (κ3) is 2.05. The molecule has 0 aliphatic carbocycles. The van der Waals surface area contributed by atoms with Gasteiger partial charge in [-0.25, -0.2) is 0 Å². The number of carbonyl (C=O) groups is 2. The quantitative estimate of drug-likeness (QED) is 0.798. The molecule has 6 nitrogen and oxygen atoms in total. The van der Waals surface area contributed by atoms with E-state index in [1.54, 1.807) is 12.1 Å². The van der Waals surface area contributed by atoms with Crippen LogP contribution in [0.4, 0.5) is 9.57 Å². The molecule has 2 aliphatic heterocycles. The Kier molecular flexibility index (Phi) is 2.79. The Morgan fingerprint density at radius 1 is 1.30 bits per heavy atom. The first-order chi connectivity index (χ1) is 9.36. The molecule has 2 heterocycles. The van der Waals surface area contributed by atoms with Crippen LogP contribution >= 0.6 is 0 Å². The Balaban J connectivity index is 1.93. The average molecular weight is 298 g/mol. The Bertz CT molecular complexity index is 716. The Hall–Kier alpha value is -1.96. The number of benzene rings is 1. The smallest absolute Gasteiger partial charge is 0.307 e. The molecule has 20 heavy (non-hydrogen) atoms. The predicted molar refractivity (Wildman–Crippen MR) is 68.4 cm³/mol. The van der Waals surface area contributed by atoms with Crippen molar-refractivity contribution in [1.82, 2.24) is 5.32 Å². The van der Waals surface area contributed by atoms with Crippen LogP contribution in [0.5, 0.6) is 0 Å². The number of hydrogen-bond donors (Lipinski definition) is 1. The summed E-state index contributed by atoms with van der Waals surface area (Å²) in [5, 5.41) is 1.31. The molecular weight excluding hydrogens is 287 g/mol. The van der Waals surface area contributed by atoms with Crippen LogP contribution in [0.3, 0.4) is 0 Å². The van der Waals surface area contributed by atoms with Crippen LogP contribution in [-0.4, -0.2) is 32.0 Å². The summed E-state index contributed by atoms with van der Waals surface area (Å²) < 4.78 is 34.7. The molecule has 0 spiro atoms. The first kappa shape index (κ1) is 13.0. The molecule has 1 N–H and O–H groups in total. The summed E-state index contributed by atoms with van der Waals surface area (Å²) in [6.45, 7) is 0.210. The second-order valence-corrected chi connectivity index (χ2v) is 6.45. The fourth-order valence-corrected chi connectivity index (χ4v) is 3.15. The van der Waals surface area contributed by atoms with E-state index in [-0.39, 0.29) is 18.9 Å². The molecule has 8 heteroatoms. The zero-order valence-electron chi connectivity index (χ0n) is 10.3. The van der Waals surface area contributed by atoms with Gasteiger partial charge in [-0.1, -0.05) is 6.07 Å². The predicted octanol–water partition coefficient (Wildman–Crippen LogP) is 0.335. The lowest BCUT2D eigenvalue weighted by molar-refractivity contribution is -0.117. The standard InChI is InChI=1S/C12H11FN2O4S/c13-20(18,19)9-4-11(16)15(6-9)8-2-1-7-5-14-12(17)10(7)3-8/h1-3,9H,4-6H2,(H,14,17). The third-order valence-electron chi connectivity index (χ3n) is 3.58. The molecule has 1 unspecified atom stereocenters. The van der Waals surface area contributed by atoms with Crippen molar-refractivity contribution < 1.29 is 21.9 Å². The molecule has 1 atom stereocenters. The van der Waals surface area contributed by atoms with Crippen molar-refractivity contribution in [2.45, 2.75) is 18.2 Å². The van der Waals surface area contributed by atoms with E-state index in [9.17, 15) is 21.9 Å². The summed E-state index contributed by atoms with van der Waals surface area (Å²) in [5.41, 5.74) is 1.69. The molecule has 3 rings (SSSR count). The number of rotatable bonds is 2. The van der Waals surface area contributed by atoms with Gasteiger partial charge in [0.1, 0.15) is 5.25 Å². The van der Waals surface area contributed by atoms with Crippen molar-refractivity contribution in [3.8, 4) is 0 Å². The van der Waals surface area contributed by atoms with Gasteiger partial charge in [-0.15, -0.1) is 3.89 Å². The number of fused-ring (bicyclic) bond motifs is 1. The number of carbonyl (C=O) groups excluding carboxylic acids is 2. The highest BCUT2D eigenvalue weighted by molar-refractivity contribution is 7.87. The SMILES string of the molecule is O=C1NCc2ccc(N3CC(S(=O)(=O)F)CC3=O)cc21. The van der Waals surface area contributed by atoms with Gasteiger partial charge in [0.25, 0.3) is 5.91 Å². The number of hydrogen-bond acceptors (Lipinski definition) is 4. The van der Waals surface area contributed by atoms with Crippen LogP contribution in [0.25, 0.3) is 0 Å². The van der Waals surface area contributed by atoms with E-state index in [4.69, 9.17) is 0 Å². The molecule has 1 fully saturated rings. The highest BCUT2D eigenvalue weighted by atomic mass is 32.3. The molecule has 0 aromatic heterocycles. The fraction of sp³-hybridized carbons (Fsp3) is 0.333. The number of nitrogens with one attached hydrogen (secondary N) is 1. The van der Waals surface area contributed by atoms with Crippen molar-refractivity contribution in [3.63, 3.8) is 0 Å². The van der Waals surface area contributed by atoms with E-state index in [0.29, 0.717) is 17.8 Å². The molecule has 0 radical (unpaired) electrons. The topological polar surface area (TPSA) is 83.6 Å². The summed E-state index contributed by atoms with van der Waals surface area (Å²) in [5.74, 6) is -0.697. The van der Waals surface area contributed by atoms with Gasteiger partial charge < -0.3 is 10.2 Å². The summed E-state index contributed by atoms with van der Waals surface area (Å²) >= 11 is 0. The minimum absolute atomic E-state index is 0.224. The largest absolute Gasteiger partial charge is 0.348 e. The molecule has 2 amide bonds. The summed E-state index contributed by atoms with van der Waals surface area (Å²) in [6, 6.07) is 4.86.